The molecule has 1 saturated heterocycles. The van der Waals surface area contributed by atoms with Crippen molar-refractivity contribution in [2.75, 3.05) is 13.7 Å². The number of rotatable bonds is 3. The number of halogens is 1. The average Bonchev–Trinajstić information content (AvgIpc) is 2.46. The van der Waals surface area contributed by atoms with E-state index in [2.05, 4.69) is 0 Å². The second kappa shape index (κ2) is 6.11. The summed E-state index contributed by atoms with van der Waals surface area (Å²) in [5, 5.41) is 9.09. The van der Waals surface area contributed by atoms with Gasteiger partial charge in [0.25, 0.3) is 5.91 Å². The quantitative estimate of drug-likeness (QED) is 0.928. The molecule has 1 heterocycles. The number of hydrogen-bond acceptors (Lipinski definition) is 3. The van der Waals surface area contributed by atoms with Crippen molar-refractivity contribution in [3.63, 3.8) is 0 Å². The molecule has 1 aliphatic heterocycles. The predicted molar refractivity (Wildman–Crippen MR) is 73.8 cm³/mol. The highest BCUT2D eigenvalue weighted by Gasteiger charge is 2.33. The summed E-state index contributed by atoms with van der Waals surface area (Å²) in [5.41, 5.74) is -0.0614. The van der Waals surface area contributed by atoms with Gasteiger partial charge in [0.15, 0.2) is 0 Å². The fourth-order valence-electron chi connectivity index (χ4n) is 2.54. The van der Waals surface area contributed by atoms with Crippen molar-refractivity contribution in [1.82, 2.24) is 4.90 Å². The van der Waals surface area contributed by atoms with Crippen LogP contribution in [0.2, 0.25) is 0 Å². The maximum atomic E-state index is 14.0. The zero-order valence-corrected chi connectivity index (χ0v) is 12.0. The van der Waals surface area contributed by atoms with Gasteiger partial charge < -0.3 is 14.7 Å². The summed E-state index contributed by atoms with van der Waals surface area (Å²) >= 11 is 0. The predicted octanol–water partition coefficient (Wildman–Crippen LogP) is 2.16. The van der Waals surface area contributed by atoms with Gasteiger partial charge in [-0.25, -0.2) is 4.39 Å². The van der Waals surface area contributed by atoms with E-state index in [1.807, 2.05) is 6.92 Å². The van der Waals surface area contributed by atoms with E-state index in [4.69, 9.17) is 9.84 Å². The van der Waals surface area contributed by atoms with E-state index in [0.29, 0.717) is 18.6 Å². The number of carboxylic acids is 1. The van der Waals surface area contributed by atoms with Gasteiger partial charge in [-0.05, 0) is 31.9 Å². The van der Waals surface area contributed by atoms with Gasteiger partial charge in [-0.15, -0.1) is 0 Å². The lowest BCUT2D eigenvalue weighted by molar-refractivity contribution is -0.143. The van der Waals surface area contributed by atoms with Crippen molar-refractivity contribution in [3.05, 3.63) is 29.6 Å². The van der Waals surface area contributed by atoms with Gasteiger partial charge in [-0.2, -0.15) is 0 Å². The van der Waals surface area contributed by atoms with E-state index in [9.17, 15) is 14.0 Å². The molecular weight excluding hydrogens is 277 g/mol. The molecule has 0 saturated carbocycles. The Morgan fingerprint density at radius 1 is 1.38 bits per heavy atom. The van der Waals surface area contributed by atoms with Gasteiger partial charge in [0.1, 0.15) is 11.6 Å². The molecule has 21 heavy (non-hydrogen) atoms. The number of piperidine rings is 1. The topological polar surface area (TPSA) is 66.8 Å². The summed E-state index contributed by atoms with van der Waals surface area (Å²) in [7, 11) is 1.42. The lowest BCUT2D eigenvalue weighted by atomic mass is 9.93. The Balaban J connectivity index is 2.23. The molecular formula is C15H18FNO4. The van der Waals surface area contributed by atoms with Crippen molar-refractivity contribution in [3.8, 4) is 5.75 Å². The van der Waals surface area contributed by atoms with Gasteiger partial charge >= 0.3 is 5.97 Å². The molecule has 1 amide bonds. The van der Waals surface area contributed by atoms with Crippen molar-refractivity contribution < 1.29 is 23.8 Å². The first-order chi connectivity index (χ1) is 9.93. The monoisotopic (exact) mass is 295 g/mol. The number of amides is 1. The molecule has 1 fully saturated rings. The first-order valence-electron chi connectivity index (χ1n) is 6.81. The highest BCUT2D eigenvalue weighted by molar-refractivity contribution is 5.95. The first kappa shape index (κ1) is 15.3. The Labute approximate surface area is 122 Å². The van der Waals surface area contributed by atoms with Crippen LogP contribution in [0.3, 0.4) is 0 Å². The minimum Gasteiger partial charge on any atom is -0.497 e. The number of ether oxygens (including phenoxy) is 1. The summed E-state index contributed by atoms with van der Waals surface area (Å²) in [6.45, 7) is 1.96. The largest absolute Gasteiger partial charge is 0.497 e. The van der Waals surface area contributed by atoms with Crippen molar-refractivity contribution >= 4 is 11.9 Å². The summed E-state index contributed by atoms with van der Waals surface area (Å²) in [6, 6.07) is 3.93. The molecule has 1 aromatic carbocycles. The van der Waals surface area contributed by atoms with Crippen LogP contribution in [0.4, 0.5) is 4.39 Å². The number of aliphatic carboxylic acids is 1. The third-order valence-electron chi connectivity index (χ3n) is 3.90. The summed E-state index contributed by atoms with van der Waals surface area (Å²) in [4.78, 5) is 25.0. The van der Waals surface area contributed by atoms with E-state index in [1.54, 1.807) is 0 Å². The number of carboxylic acid groups (broad SMARTS) is 1. The normalized spacial score (nSPS) is 22.0. The summed E-state index contributed by atoms with van der Waals surface area (Å²) in [5.74, 6) is -2.32. The standard InChI is InChI=1S/C15H18FNO4/c1-9-3-4-10(15(19)20)8-17(9)14(18)12-6-5-11(21-2)7-13(12)16/h5-7,9-10H,3-4,8H2,1-2H3,(H,19,20). The smallest absolute Gasteiger partial charge is 0.308 e. The molecule has 0 spiro atoms. The maximum Gasteiger partial charge on any atom is 0.308 e. The van der Waals surface area contributed by atoms with Crippen molar-refractivity contribution in [2.24, 2.45) is 5.92 Å². The molecule has 0 bridgehead atoms. The summed E-state index contributed by atoms with van der Waals surface area (Å²) < 4.78 is 18.9. The van der Waals surface area contributed by atoms with Crippen LogP contribution in [-0.2, 0) is 4.79 Å². The minimum absolute atomic E-state index is 0.0614. The fourth-order valence-corrected chi connectivity index (χ4v) is 2.54. The second-order valence-corrected chi connectivity index (χ2v) is 5.26. The van der Waals surface area contributed by atoms with E-state index in [-0.39, 0.29) is 18.2 Å². The molecule has 1 N–H and O–H groups in total. The third kappa shape index (κ3) is 3.15. The number of carbonyl (C=O) groups excluding carboxylic acids is 1. The van der Waals surface area contributed by atoms with Gasteiger partial charge in [0.05, 0.1) is 18.6 Å². The number of likely N-dealkylation sites (tertiary alicyclic amines) is 1. The molecule has 2 atom stereocenters. The maximum absolute atomic E-state index is 14.0. The Hall–Kier alpha value is -2.11. The van der Waals surface area contributed by atoms with E-state index >= 15 is 0 Å². The molecule has 2 unspecified atom stereocenters. The van der Waals surface area contributed by atoms with Gasteiger partial charge in [0, 0.05) is 18.7 Å². The lowest BCUT2D eigenvalue weighted by Crippen LogP contribution is -2.47. The van der Waals surface area contributed by atoms with Crippen LogP contribution in [0.15, 0.2) is 18.2 Å². The van der Waals surface area contributed by atoms with Crippen LogP contribution >= 0.6 is 0 Å². The third-order valence-corrected chi connectivity index (χ3v) is 3.90. The average molecular weight is 295 g/mol. The highest BCUT2D eigenvalue weighted by atomic mass is 19.1. The molecule has 0 aromatic heterocycles. The molecule has 0 aliphatic carbocycles. The molecule has 5 nitrogen and oxygen atoms in total. The fraction of sp³-hybridized carbons (Fsp3) is 0.467. The van der Waals surface area contributed by atoms with Crippen molar-refractivity contribution in [2.45, 2.75) is 25.8 Å². The number of hydrogen-bond donors (Lipinski definition) is 1. The van der Waals surface area contributed by atoms with Gasteiger partial charge in [0.2, 0.25) is 0 Å². The number of carbonyl (C=O) groups is 2. The molecule has 1 aliphatic rings. The zero-order chi connectivity index (χ0) is 15.6. The van der Waals surface area contributed by atoms with Crippen molar-refractivity contribution in [1.29, 1.82) is 0 Å². The number of methoxy groups -OCH3 is 1. The molecule has 114 valence electrons. The number of benzene rings is 1. The van der Waals surface area contributed by atoms with Crippen LogP contribution in [0, 0.1) is 11.7 Å². The van der Waals surface area contributed by atoms with Crippen LogP contribution in [0.25, 0.3) is 0 Å². The van der Waals surface area contributed by atoms with Gasteiger partial charge in [-0.1, -0.05) is 0 Å². The van der Waals surface area contributed by atoms with Crippen LogP contribution < -0.4 is 4.74 Å². The van der Waals surface area contributed by atoms with Gasteiger partial charge in [-0.3, -0.25) is 9.59 Å². The van der Waals surface area contributed by atoms with E-state index < -0.39 is 23.6 Å². The lowest BCUT2D eigenvalue weighted by Gasteiger charge is -2.36. The molecule has 6 heteroatoms. The van der Waals surface area contributed by atoms with Crippen LogP contribution in [0.5, 0.6) is 5.75 Å². The SMILES string of the molecule is COc1ccc(C(=O)N2CC(C(=O)O)CCC2C)c(F)c1. The van der Waals surface area contributed by atoms with Crippen LogP contribution in [0.1, 0.15) is 30.1 Å². The minimum atomic E-state index is -0.921. The Morgan fingerprint density at radius 3 is 2.67 bits per heavy atom. The Kier molecular flexibility index (Phi) is 4.45. The Morgan fingerprint density at radius 2 is 2.10 bits per heavy atom. The molecule has 2 rings (SSSR count). The van der Waals surface area contributed by atoms with E-state index in [1.165, 1.54) is 24.1 Å². The molecule has 0 radical (unpaired) electrons. The van der Waals surface area contributed by atoms with Crippen LogP contribution in [-0.4, -0.2) is 41.6 Å². The second-order valence-electron chi connectivity index (χ2n) is 5.26. The zero-order valence-electron chi connectivity index (χ0n) is 12.0. The molecule has 1 aromatic rings. The number of nitrogens with zero attached hydrogens (tertiary/aromatic N) is 1. The van der Waals surface area contributed by atoms with E-state index in [0.717, 1.165) is 6.07 Å². The highest BCUT2D eigenvalue weighted by Crippen LogP contribution is 2.25. The first-order valence-corrected chi connectivity index (χ1v) is 6.81. The Bertz CT molecular complexity index is 561. The summed E-state index contributed by atoms with van der Waals surface area (Å²) in [6.07, 6.45) is 1.13.